The molecule has 2 rings (SSSR count). The Morgan fingerprint density at radius 3 is 2.31 bits per heavy atom. The Hall–Kier alpha value is -1.16. The van der Waals surface area contributed by atoms with Crippen molar-refractivity contribution in [1.82, 2.24) is 0 Å². The minimum atomic E-state index is -0.129. The SMILES string of the molecule is CCCCC1CCC(C(=O)Nc2ccc(C(=O)C(Br)CCC)cc2)CC1. The van der Waals surface area contributed by atoms with Gasteiger partial charge in [0.2, 0.25) is 5.91 Å². The molecular weight excluding hydrogens is 390 g/mol. The van der Waals surface area contributed by atoms with E-state index in [2.05, 4.69) is 35.1 Å². The van der Waals surface area contributed by atoms with Crippen molar-refractivity contribution in [2.24, 2.45) is 11.8 Å². The average Bonchev–Trinajstić information content (AvgIpc) is 2.67. The van der Waals surface area contributed by atoms with Crippen molar-refractivity contribution in [3.05, 3.63) is 29.8 Å². The van der Waals surface area contributed by atoms with Crippen LogP contribution in [-0.4, -0.2) is 16.5 Å². The van der Waals surface area contributed by atoms with Crippen molar-refractivity contribution in [1.29, 1.82) is 0 Å². The predicted octanol–water partition coefficient (Wildman–Crippen LogP) is 6.37. The molecule has 0 bridgehead atoms. The van der Waals surface area contributed by atoms with Crippen LogP contribution in [0.15, 0.2) is 24.3 Å². The van der Waals surface area contributed by atoms with E-state index in [9.17, 15) is 9.59 Å². The van der Waals surface area contributed by atoms with Gasteiger partial charge in [0.25, 0.3) is 0 Å². The first kappa shape index (κ1) is 21.1. The third kappa shape index (κ3) is 6.22. The van der Waals surface area contributed by atoms with Gasteiger partial charge < -0.3 is 5.32 Å². The normalized spacial score (nSPS) is 21.2. The number of halogens is 1. The van der Waals surface area contributed by atoms with Crippen LogP contribution in [0.4, 0.5) is 5.69 Å². The van der Waals surface area contributed by atoms with Gasteiger partial charge in [0.15, 0.2) is 5.78 Å². The molecular formula is C22H32BrNO2. The standard InChI is InChI=1S/C22H32BrNO2/c1-3-5-7-16-8-10-18(11-9-16)22(26)24-19-14-12-17(13-15-19)21(25)20(23)6-4-2/h12-16,18,20H,3-11H2,1-2H3,(H,24,26). The monoisotopic (exact) mass is 421 g/mol. The molecule has 1 aromatic rings. The lowest BCUT2D eigenvalue weighted by atomic mass is 9.79. The molecule has 1 aliphatic carbocycles. The molecule has 144 valence electrons. The second-order valence-electron chi connectivity index (χ2n) is 7.55. The quantitative estimate of drug-likeness (QED) is 0.371. The van der Waals surface area contributed by atoms with Crippen LogP contribution in [0.5, 0.6) is 0 Å². The van der Waals surface area contributed by atoms with Gasteiger partial charge in [0, 0.05) is 17.2 Å². The molecule has 0 aromatic heterocycles. The highest BCUT2D eigenvalue weighted by Gasteiger charge is 2.26. The lowest BCUT2D eigenvalue weighted by molar-refractivity contribution is -0.121. The number of carbonyl (C=O) groups excluding carboxylic acids is 2. The Bertz CT molecular complexity index is 576. The second-order valence-corrected chi connectivity index (χ2v) is 8.65. The highest BCUT2D eigenvalue weighted by Crippen LogP contribution is 2.32. The van der Waals surface area contributed by atoms with Crippen molar-refractivity contribution in [2.45, 2.75) is 76.5 Å². The summed E-state index contributed by atoms with van der Waals surface area (Å²) in [6, 6.07) is 7.29. The van der Waals surface area contributed by atoms with Crippen molar-refractivity contribution in [3.63, 3.8) is 0 Å². The van der Waals surface area contributed by atoms with Crippen LogP contribution in [0, 0.1) is 11.8 Å². The van der Waals surface area contributed by atoms with Gasteiger partial charge in [-0.2, -0.15) is 0 Å². The van der Waals surface area contributed by atoms with Crippen molar-refractivity contribution < 1.29 is 9.59 Å². The van der Waals surface area contributed by atoms with E-state index >= 15 is 0 Å². The number of carbonyl (C=O) groups is 2. The third-order valence-electron chi connectivity index (χ3n) is 5.45. The molecule has 0 heterocycles. The molecule has 1 unspecified atom stereocenters. The molecule has 1 N–H and O–H groups in total. The zero-order valence-electron chi connectivity index (χ0n) is 16.1. The number of hydrogen-bond donors (Lipinski definition) is 1. The summed E-state index contributed by atoms with van der Waals surface area (Å²) in [7, 11) is 0. The van der Waals surface area contributed by atoms with E-state index in [0.29, 0.717) is 5.56 Å². The van der Waals surface area contributed by atoms with Crippen LogP contribution in [-0.2, 0) is 4.79 Å². The Morgan fingerprint density at radius 2 is 1.73 bits per heavy atom. The Labute approximate surface area is 166 Å². The van der Waals surface area contributed by atoms with Crippen molar-refractivity contribution in [3.8, 4) is 0 Å². The number of Topliss-reactive ketones (excluding diaryl/α,β-unsaturated/α-hetero) is 1. The number of anilines is 1. The molecule has 1 fully saturated rings. The number of benzene rings is 1. The molecule has 0 spiro atoms. The van der Waals surface area contributed by atoms with Gasteiger partial charge in [-0.3, -0.25) is 9.59 Å². The molecule has 3 nitrogen and oxygen atoms in total. The van der Waals surface area contributed by atoms with Gasteiger partial charge in [-0.15, -0.1) is 0 Å². The van der Waals surface area contributed by atoms with E-state index in [1.54, 1.807) is 0 Å². The Balaban J connectivity index is 1.83. The number of nitrogens with one attached hydrogen (secondary N) is 1. The molecule has 0 saturated heterocycles. The van der Waals surface area contributed by atoms with Gasteiger partial charge in [0.1, 0.15) is 0 Å². The summed E-state index contributed by atoms with van der Waals surface area (Å²) in [5.74, 6) is 1.17. The lowest BCUT2D eigenvalue weighted by Gasteiger charge is -2.27. The summed E-state index contributed by atoms with van der Waals surface area (Å²) < 4.78 is 0. The predicted molar refractivity (Wildman–Crippen MR) is 112 cm³/mol. The Kier molecular flexibility index (Phi) is 8.83. The number of unbranched alkanes of at least 4 members (excludes halogenated alkanes) is 1. The molecule has 0 radical (unpaired) electrons. The topological polar surface area (TPSA) is 46.2 Å². The highest BCUT2D eigenvalue weighted by atomic mass is 79.9. The van der Waals surface area contributed by atoms with E-state index in [1.807, 2.05) is 24.3 Å². The minimum absolute atomic E-state index is 0.107. The summed E-state index contributed by atoms with van der Waals surface area (Å²) >= 11 is 3.45. The molecule has 26 heavy (non-hydrogen) atoms. The van der Waals surface area contributed by atoms with Crippen molar-refractivity contribution >= 4 is 33.3 Å². The van der Waals surface area contributed by atoms with Crippen LogP contribution in [0.25, 0.3) is 0 Å². The number of amides is 1. The number of rotatable bonds is 9. The number of ketones is 1. The average molecular weight is 422 g/mol. The summed E-state index contributed by atoms with van der Waals surface area (Å²) in [5.41, 5.74) is 1.47. The van der Waals surface area contributed by atoms with Gasteiger partial charge in [0.05, 0.1) is 4.83 Å². The molecule has 1 amide bonds. The lowest BCUT2D eigenvalue weighted by Crippen LogP contribution is -2.27. The smallest absolute Gasteiger partial charge is 0.227 e. The van der Waals surface area contributed by atoms with Crippen LogP contribution >= 0.6 is 15.9 Å². The maximum Gasteiger partial charge on any atom is 0.227 e. The molecule has 1 aromatic carbocycles. The first-order valence-electron chi connectivity index (χ1n) is 10.1. The summed E-state index contributed by atoms with van der Waals surface area (Å²) in [6.07, 6.45) is 10.0. The van der Waals surface area contributed by atoms with Gasteiger partial charge in [-0.25, -0.2) is 0 Å². The number of alkyl halides is 1. The molecule has 1 saturated carbocycles. The Morgan fingerprint density at radius 1 is 1.08 bits per heavy atom. The van der Waals surface area contributed by atoms with E-state index < -0.39 is 0 Å². The van der Waals surface area contributed by atoms with Gasteiger partial charge in [-0.1, -0.05) is 55.5 Å². The van der Waals surface area contributed by atoms with Crippen LogP contribution < -0.4 is 5.32 Å². The van der Waals surface area contributed by atoms with Gasteiger partial charge >= 0.3 is 0 Å². The van der Waals surface area contributed by atoms with Crippen LogP contribution in [0.3, 0.4) is 0 Å². The van der Waals surface area contributed by atoms with E-state index in [-0.39, 0.29) is 22.4 Å². The zero-order valence-corrected chi connectivity index (χ0v) is 17.7. The summed E-state index contributed by atoms with van der Waals surface area (Å²) in [6.45, 7) is 4.30. The van der Waals surface area contributed by atoms with E-state index in [1.165, 1.54) is 32.1 Å². The molecule has 4 heteroatoms. The second kappa shape index (κ2) is 10.9. The summed E-state index contributed by atoms with van der Waals surface area (Å²) in [5, 5.41) is 3.03. The first-order valence-corrected chi connectivity index (χ1v) is 11.1. The maximum atomic E-state index is 12.5. The fourth-order valence-corrected chi connectivity index (χ4v) is 4.46. The number of hydrogen-bond acceptors (Lipinski definition) is 2. The third-order valence-corrected chi connectivity index (χ3v) is 6.32. The van der Waals surface area contributed by atoms with Crippen LogP contribution in [0.1, 0.15) is 82.0 Å². The highest BCUT2D eigenvalue weighted by molar-refractivity contribution is 9.10. The van der Waals surface area contributed by atoms with E-state index in [0.717, 1.165) is 37.3 Å². The molecule has 1 aliphatic rings. The van der Waals surface area contributed by atoms with Gasteiger partial charge in [-0.05, 0) is 62.3 Å². The molecule has 1 atom stereocenters. The largest absolute Gasteiger partial charge is 0.326 e. The van der Waals surface area contributed by atoms with E-state index in [4.69, 9.17) is 0 Å². The minimum Gasteiger partial charge on any atom is -0.326 e. The fourth-order valence-electron chi connectivity index (χ4n) is 3.73. The molecule has 0 aliphatic heterocycles. The maximum absolute atomic E-state index is 12.5. The van der Waals surface area contributed by atoms with Crippen molar-refractivity contribution in [2.75, 3.05) is 5.32 Å². The van der Waals surface area contributed by atoms with Crippen LogP contribution in [0.2, 0.25) is 0 Å². The fraction of sp³-hybridized carbons (Fsp3) is 0.636. The zero-order chi connectivity index (χ0) is 18.9. The first-order chi connectivity index (χ1) is 12.5. The summed E-state index contributed by atoms with van der Waals surface area (Å²) in [4.78, 5) is 24.7.